The Kier molecular flexibility index (Phi) is 5.11. The van der Waals surface area contributed by atoms with Crippen molar-refractivity contribution in [3.8, 4) is 0 Å². The molecule has 3 heterocycles. The average Bonchev–Trinajstić information content (AvgIpc) is 3.43. The van der Waals surface area contributed by atoms with Gasteiger partial charge >= 0.3 is 5.97 Å². The molecule has 160 valence electrons. The van der Waals surface area contributed by atoms with Crippen LogP contribution < -0.4 is 4.90 Å². The number of furan rings is 1. The summed E-state index contributed by atoms with van der Waals surface area (Å²) in [6.45, 7) is 4.53. The fourth-order valence-electron chi connectivity index (χ4n) is 4.39. The molecule has 0 radical (unpaired) electrons. The number of hydrogen-bond donors (Lipinski definition) is 1. The molecule has 1 saturated heterocycles. The number of aromatic nitrogens is 1. The highest BCUT2D eigenvalue weighted by Crippen LogP contribution is 2.30. The standard InChI is InChI=1S/C24H24FN3O3/c1-30-24(29)17-12-21-20(4-6-26-21)22(13-17)28-10-8-27(9-11-28)7-5-16-15-31-23-14-18(25)2-3-19(16)23/h2-4,6,12-15,26H,5,7-11H2,1H3. The van der Waals surface area contributed by atoms with Gasteiger partial charge in [0.05, 0.1) is 18.9 Å². The minimum Gasteiger partial charge on any atom is -0.465 e. The Morgan fingerprint density at radius 2 is 1.97 bits per heavy atom. The maximum absolute atomic E-state index is 13.4. The summed E-state index contributed by atoms with van der Waals surface area (Å²) < 4.78 is 23.8. The number of H-pyrrole nitrogens is 1. The second-order valence-corrected chi connectivity index (χ2v) is 7.91. The summed E-state index contributed by atoms with van der Waals surface area (Å²) >= 11 is 0. The molecule has 1 aliphatic rings. The van der Waals surface area contributed by atoms with Gasteiger partial charge in [0.15, 0.2) is 0 Å². The summed E-state index contributed by atoms with van der Waals surface area (Å²) in [6, 6.07) is 10.5. The predicted octanol–water partition coefficient (Wildman–Crippen LogP) is 4.20. The number of fused-ring (bicyclic) bond motifs is 2. The van der Waals surface area contributed by atoms with E-state index in [1.807, 2.05) is 24.4 Å². The molecule has 5 rings (SSSR count). The third kappa shape index (κ3) is 3.77. The molecule has 1 aliphatic heterocycles. The third-order valence-electron chi connectivity index (χ3n) is 6.10. The number of carbonyl (C=O) groups excluding carboxylic acids is 1. The van der Waals surface area contributed by atoms with Crippen molar-refractivity contribution in [2.45, 2.75) is 6.42 Å². The summed E-state index contributed by atoms with van der Waals surface area (Å²) in [7, 11) is 1.40. The molecule has 0 atom stereocenters. The van der Waals surface area contributed by atoms with Crippen LogP contribution in [0.15, 0.2) is 53.3 Å². The highest BCUT2D eigenvalue weighted by molar-refractivity contribution is 6.00. The van der Waals surface area contributed by atoms with E-state index in [9.17, 15) is 9.18 Å². The highest BCUT2D eigenvalue weighted by Gasteiger charge is 2.21. The van der Waals surface area contributed by atoms with E-state index >= 15 is 0 Å². The van der Waals surface area contributed by atoms with E-state index in [1.165, 1.54) is 19.2 Å². The van der Waals surface area contributed by atoms with Gasteiger partial charge in [0.1, 0.15) is 11.4 Å². The number of carbonyl (C=O) groups is 1. The number of methoxy groups -OCH3 is 1. The number of ether oxygens (including phenoxy) is 1. The lowest BCUT2D eigenvalue weighted by atomic mass is 10.1. The molecule has 0 saturated carbocycles. The molecular formula is C24H24FN3O3. The number of halogens is 1. The van der Waals surface area contributed by atoms with E-state index in [2.05, 4.69) is 14.8 Å². The highest BCUT2D eigenvalue weighted by atomic mass is 19.1. The zero-order chi connectivity index (χ0) is 21.4. The Labute approximate surface area is 179 Å². The quantitative estimate of drug-likeness (QED) is 0.489. The number of nitrogens with zero attached hydrogens (tertiary/aromatic N) is 2. The average molecular weight is 421 g/mol. The van der Waals surface area contributed by atoms with Crippen LogP contribution in [0.5, 0.6) is 0 Å². The van der Waals surface area contributed by atoms with E-state index in [4.69, 9.17) is 9.15 Å². The topological polar surface area (TPSA) is 61.7 Å². The van der Waals surface area contributed by atoms with Crippen LogP contribution in [0, 0.1) is 5.82 Å². The number of hydrogen-bond acceptors (Lipinski definition) is 5. The lowest BCUT2D eigenvalue weighted by Gasteiger charge is -2.36. The van der Waals surface area contributed by atoms with Crippen molar-refractivity contribution < 1.29 is 18.3 Å². The first-order valence-corrected chi connectivity index (χ1v) is 10.4. The zero-order valence-electron chi connectivity index (χ0n) is 17.4. The van der Waals surface area contributed by atoms with Gasteiger partial charge in [0, 0.05) is 67.0 Å². The van der Waals surface area contributed by atoms with Gasteiger partial charge in [-0.1, -0.05) is 0 Å². The molecule has 4 aromatic rings. The minimum atomic E-state index is -0.330. The Morgan fingerprint density at radius 3 is 2.77 bits per heavy atom. The van der Waals surface area contributed by atoms with E-state index in [0.29, 0.717) is 11.1 Å². The number of nitrogens with one attached hydrogen (secondary N) is 1. The van der Waals surface area contributed by atoms with Gasteiger partial charge in [0.2, 0.25) is 0 Å². The van der Waals surface area contributed by atoms with Gasteiger partial charge in [0.25, 0.3) is 0 Å². The van der Waals surface area contributed by atoms with Crippen molar-refractivity contribution in [3.63, 3.8) is 0 Å². The molecule has 7 heteroatoms. The van der Waals surface area contributed by atoms with E-state index in [0.717, 1.165) is 66.7 Å². The van der Waals surface area contributed by atoms with E-state index in [1.54, 1.807) is 12.3 Å². The van der Waals surface area contributed by atoms with Gasteiger partial charge in [-0.15, -0.1) is 0 Å². The molecule has 1 N–H and O–H groups in total. The van der Waals surface area contributed by atoms with Gasteiger partial charge in [-0.3, -0.25) is 4.90 Å². The lowest BCUT2D eigenvalue weighted by Crippen LogP contribution is -2.47. The van der Waals surface area contributed by atoms with Crippen LogP contribution in [0.1, 0.15) is 15.9 Å². The number of anilines is 1. The van der Waals surface area contributed by atoms with Crippen molar-refractivity contribution in [1.82, 2.24) is 9.88 Å². The van der Waals surface area contributed by atoms with Gasteiger partial charge in [-0.25, -0.2) is 9.18 Å². The Bertz CT molecular complexity index is 1240. The largest absolute Gasteiger partial charge is 0.465 e. The third-order valence-corrected chi connectivity index (χ3v) is 6.10. The molecule has 2 aromatic carbocycles. The molecule has 0 spiro atoms. The maximum Gasteiger partial charge on any atom is 0.337 e. The van der Waals surface area contributed by atoms with Crippen LogP contribution in [-0.2, 0) is 11.2 Å². The monoisotopic (exact) mass is 421 g/mol. The van der Waals surface area contributed by atoms with Crippen molar-refractivity contribution in [1.29, 1.82) is 0 Å². The maximum atomic E-state index is 13.4. The number of aromatic amines is 1. The van der Waals surface area contributed by atoms with E-state index in [-0.39, 0.29) is 11.8 Å². The first-order valence-electron chi connectivity index (χ1n) is 10.4. The van der Waals surface area contributed by atoms with Crippen LogP contribution in [0.3, 0.4) is 0 Å². The lowest BCUT2D eigenvalue weighted by molar-refractivity contribution is 0.0601. The van der Waals surface area contributed by atoms with Crippen LogP contribution in [-0.4, -0.2) is 55.7 Å². The van der Waals surface area contributed by atoms with Gasteiger partial charge < -0.3 is 19.0 Å². The van der Waals surface area contributed by atoms with Crippen molar-refractivity contribution in [2.75, 3.05) is 44.7 Å². The molecule has 6 nitrogen and oxygen atoms in total. The smallest absolute Gasteiger partial charge is 0.337 e. The molecule has 1 fully saturated rings. The number of piperazine rings is 1. The Hall–Kier alpha value is -3.32. The van der Waals surface area contributed by atoms with Gasteiger partial charge in [-0.2, -0.15) is 0 Å². The fraction of sp³-hybridized carbons (Fsp3) is 0.292. The first kappa shape index (κ1) is 19.6. The van der Waals surface area contributed by atoms with Crippen molar-refractivity contribution >= 4 is 33.5 Å². The normalized spacial score (nSPS) is 15.1. The predicted molar refractivity (Wildman–Crippen MR) is 118 cm³/mol. The summed E-state index contributed by atoms with van der Waals surface area (Å²) in [6.07, 6.45) is 4.49. The second kappa shape index (κ2) is 8.07. The number of esters is 1. The van der Waals surface area contributed by atoms with Crippen molar-refractivity contribution in [2.24, 2.45) is 0 Å². The molecule has 0 unspecified atom stereocenters. The molecular weight excluding hydrogens is 397 g/mol. The number of benzene rings is 2. The van der Waals surface area contributed by atoms with Crippen molar-refractivity contribution in [3.05, 3.63) is 65.8 Å². The Balaban J connectivity index is 1.26. The minimum absolute atomic E-state index is 0.280. The summed E-state index contributed by atoms with van der Waals surface area (Å²) in [5.41, 5.74) is 4.25. The fourth-order valence-corrected chi connectivity index (χ4v) is 4.39. The molecule has 31 heavy (non-hydrogen) atoms. The van der Waals surface area contributed by atoms with Gasteiger partial charge in [-0.05, 0) is 42.3 Å². The summed E-state index contributed by atoms with van der Waals surface area (Å²) in [5.74, 6) is -0.610. The SMILES string of the molecule is COC(=O)c1cc(N2CCN(CCc3coc4cc(F)ccc34)CC2)c2cc[nH]c2c1. The molecule has 2 aromatic heterocycles. The van der Waals surface area contributed by atoms with Crippen LogP contribution >= 0.6 is 0 Å². The van der Waals surface area contributed by atoms with Crippen LogP contribution in [0.4, 0.5) is 10.1 Å². The van der Waals surface area contributed by atoms with E-state index < -0.39 is 0 Å². The van der Waals surface area contributed by atoms with Crippen LogP contribution in [0.25, 0.3) is 21.9 Å². The second-order valence-electron chi connectivity index (χ2n) is 7.91. The summed E-state index contributed by atoms with van der Waals surface area (Å²) in [5, 5.41) is 2.09. The Morgan fingerprint density at radius 1 is 1.13 bits per heavy atom. The first-order chi connectivity index (χ1) is 15.1. The molecule has 0 amide bonds. The molecule has 0 bridgehead atoms. The molecule has 0 aliphatic carbocycles. The summed E-state index contributed by atoms with van der Waals surface area (Å²) in [4.78, 5) is 20.0. The van der Waals surface area contributed by atoms with Crippen LogP contribution in [0.2, 0.25) is 0 Å². The number of rotatable bonds is 5. The zero-order valence-corrected chi connectivity index (χ0v) is 17.4.